The molecule has 0 saturated heterocycles. The molecule has 0 atom stereocenters. The fourth-order valence-corrected chi connectivity index (χ4v) is 2.56. The number of halogens is 2. The highest BCUT2D eigenvalue weighted by molar-refractivity contribution is 9.13. The molecule has 0 unspecified atom stereocenters. The van der Waals surface area contributed by atoms with Gasteiger partial charge in [-0.25, -0.2) is 0 Å². The van der Waals surface area contributed by atoms with Crippen molar-refractivity contribution in [1.82, 2.24) is 0 Å². The normalized spacial score (nSPS) is 20.1. The third-order valence-electron chi connectivity index (χ3n) is 1.62. The van der Waals surface area contributed by atoms with Gasteiger partial charge in [0.1, 0.15) is 5.60 Å². The number of Topliss-reactive ketones (excluding diaryl/α,β-unsaturated/α-hetero) is 1. The number of hydrogen-bond acceptors (Lipinski definition) is 3. The second-order valence-electron chi connectivity index (χ2n) is 2.88. The Labute approximate surface area is 96.6 Å². The van der Waals surface area contributed by atoms with Crippen LogP contribution in [0.2, 0.25) is 0 Å². The zero-order valence-corrected chi connectivity index (χ0v) is 10.0. The molecule has 2 N–H and O–H groups in total. The number of rotatable bonds is 2. The maximum atomic E-state index is 11.2. The van der Waals surface area contributed by atoms with Gasteiger partial charge in [0.25, 0.3) is 0 Å². The molecule has 0 bridgehead atoms. The van der Waals surface area contributed by atoms with Crippen molar-refractivity contribution >= 4 is 43.6 Å². The van der Waals surface area contributed by atoms with Gasteiger partial charge in [-0.3, -0.25) is 9.59 Å². The SMILES string of the molecule is O=C(O)CC1(O)C=C(Br)C(=O)C(Br)=C1. The van der Waals surface area contributed by atoms with Crippen molar-refractivity contribution in [2.24, 2.45) is 0 Å². The number of carbonyl (C=O) groups excluding carboxylic acids is 1. The van der Waals surface area contributed by atoms with Crippen LogP contribution in [-0.2, 0) is 9.59 Å². The van der Waals surface area contributed by atoms with Crippen LogP contribution < -0.4 is 0 Å². The van der Waals surface area contributed by atoms with Gasteiger partial charge < -0.3 is 10.2 Å². The highest BCUT2D eigenvalue weighted by Crippen LogP contribution is 2.31. The number of ketones is 1. The number of carboxylic acids is 1. The molecule has 0 fully saturated rings. The van der Waals surface area contributed by atoms with Gasteiger partial charge in [0, 0.05) is 0 Å². The fourth-order valence-electron chi connectivity index (χ4n) is 1.07. The van der Waals surface area contributed by atoms with E-state index in [1.165, 1.54) is 12.2 Å². The number of carboxylic acid groups (broad SMARTS) is 1. The van der Waals surface area contributed by atoms with E-state index in [0.717, 1.165) is 0 Å². The summed E-state index contributed by atoms with van der Waals surface area (Å²) < 4.78 is 0.297. The van der Waals surface area contributed by atoms with Gasteiger partial charge in [0.15, 0.2) is 0 Å². The average Bonchev–Trinajstić information content (AvgIpc) is 1.97. The van der Waals surface area contributed by atoms with Gasteiger partial charge in [-0.2, -0.15) is 0 Å². The molecule has 0 aromatic carbocycles. The molecular formula is C8H6Br2O4. The number of aliphatic carboxylic acids is 1. The Morgan fingerprint density at radius 3 is 2.14 bits per heavy atom. The van der Waals surface area contributed by atoms with Crippen LogP contribution in [0.4, 0.5) is 0 Å². The van der Waals surface area contributed by atoms with Crippen LogP contribution in [0.15, 0.2) is 21.1 Å². The predicted molar refractivity (Wildman–Crippen MR) is 56.2 cm³/mol. The van der Waals surface area contributed by atoms with Crippen LogP contribution in [-0.4, -0.2) is 27.6 Å². The Morgan fingerprint density at radius 2 is 1.79 bits per heavy atom. The lowest BCUT2D eigenvalue weighted by atomic mass is 9.94. The summed E-state index contributed by atoms with van der Waals surface area (Å²) in [4.78, 5) is 21.6. The summed E-state index contributed by atoms with van der Waals surface area (Å²) in [5.74, 6) is -1.46. The van der Waals surface area contributed by atoms with Gasteiger partial charge in [0.2, 0.25) is 5.78 Å². The highest BCUT2D eigenvalue weighted by Gasteiger charge is 2.32. The van der Waals surface area contributed by atoms with Crippen LogP contribution >= 0.6 is 31.9 Å². The van der Waals surface area contributed by atoms with E-state index < -0.39 is 18.0 Å². The Morgan fingerprint density at radius 1 is 1.36 bits per heavy atom. The summed E-state index contributed by atoms with van der Waals surface area (Å²) in [5, 5.41) is 18.3. The molecule has 0 aromatic heterocycles. The minimum Gasteiger partial charge on any atom is -0.481 e. The van der Waals surface area contributed by atoms with Crippen molar-refractivity contribution in [2.75, 3.05) is 0 Å². The smallest absolute Gasteiger partial charge is 0.306 e. The number of aliphatic hydroxyl groups is 1. The molecule has 76 valence electrons. The molecule has 0 radical (unpaired) electrons. The minimum absolute atomic E-state index is 0.149. The van der Waals surface area contributed by atoms with Crippen LogP contribution in [0.25, 0.3) is 0 Å². The van der Waals surface area contributed by atoms with Crippen LogP contribution in [0.3, 0.4) is 0 Å². The minimum atomic E-state index is -1.61. The van der Waals surface area contributed by atoms with Gasteiger partial charge in [0.05, 0.1) is 15.4 Å². The Kier molecular flexibility index (Phi) is 3.28. The molecule has 1 aliphatic rings. The Balaban J connectivity index is 3.02. The van der Waals surface area contributed by atoms with Crippen LogP contribution in [0.1, 0.15) is 6.42 Å². The van der Waals surface area contributed by atoms with E-state index >= 15 is 0 Å². The molecule has 14 heavy (non-hydrogen) atoms. The number of carbonyl (C=O) groups is 2. The summed E-state index contributed by atoms with van der Waals surface area (Å²) in [6.07, 6.45) is 1.87. The van der Waals surface area contributed by atoms with E-state index in [-0.39, 0.29) is 14.7 Å². The molecule has 1 aliphatic carbocycles. The molecule has 0 spiro atoms. The van der Waals surface area contributed by atoms with E-state index in [0.29, 0.717) is 0 Å². The van der Waals surface area contributed by atoms with Crippen molar-refractivity contribution in [3.63, 3.8) is 0 Å². The van der Waals surface area contributed by atoms with E-state index in [9.17, 15) is 14.7 Å². The van der Waals surface area contributed by atoms with Gasteiger partial charge in [-0.15, -0.1) is 0 Å². The molecular weight excluding hydrogens is 320 g/mol. The monoisotopic (exact) mass is 324 g/mol. The molecule has 0 aliphatic heterocycles. The first-order chi connectivity index (χ1) is 6.34. The lowest BCUT2D eigenvalue weighted by Crippen LogP contribution is -2.31. The van der Waals surface area contributed by atoms with Crippen molar-refractivity contribution in [1.29, 1.82) is 0 Å². The molecule has 0 heterocycles. The molecule has 6 heteroatoms. The molecule has 0 amide bonds. The second-order valence-corrected chi connectivity index (χ2v) is 4.58. The van der Waals surface area contributed by atoms with E-state index in [2.05, 4.69) is 31.9 Å². The zero-order chi connectivity index (χ0) is 10.9. The number of allylic oxidation sites excluding steroid dienone is 2. The standard InChI is InChI=1S/C8H6Br2O4/c9-4-1-8(14,3-6(11)12)2-5(10)7(4)13/h1-2,14H,3H2,(H,11,12). The van der Waals surface area contributed by atoms with Crippen molar-refractivity contribution in [3.05, 3.63) is 21.1 Å². The molecule has 0 aromatic rings. The second kappa shape index (κ2) is 3.96. The summed E-state index contributed by atoms with van der Waals surface area (Å²) in [6.45, 7) is 0. The molecule has 4 nitrogen and oxygen atoms in total. The lowest BCUT2D eigenvalue weighted by molar-refractivity contribution is -0.140. The van der Waals surface area contributed by atoms with E-state index in [1.807, 2.05) is 0 Å². The van der Waals surface area contributed by atoms with E-state index in [1.54, 1.807) is 0 Å². The first-order valence-corrected chi connectivity index (χ1v) is 5.18. The van der Waals surface area contributed by atoms with Gasteiger partial charge in [-0.05, 0) is 44.0 Å². The largest absolute Gasteiger partial charge is 0.481 e. The predicted octanol–water partition coefficient (Wildman–Crippen LogP) is 1.33. The van der Waals surface area contributed by atoms with Gasteiger partial charge in [-0.1, -0.05) is 0 Å². The molecule has 1 rings (SSSR count). The summed E-state index contributed by atoms with van der Waals surface area (Å²) in [6, 6.07) is 0. The van der Waals surface area contributed by atoms with Crippen molar-refractivity contribution < 1.29 is 19.8 Å². The topological polar surface area (TPSA) is 74.6 Å². The third kappa shape index (κ3) is 2.52. The highest BCUT2D eigenvalue weighted by atomic mass is 79.9. The average molecular weight is 326 g/mol. The summed E-state index contributed by atoms with van der Waals surface area (Å²) in [7, 11) is 0. The zero-order valence-electron chi connectivity index (χ0n) is 6.83. The molecule has 0 saturated carbocycles. The maximum absolute atomic E-state index is 11.2. The first-order valence-electron chi connectivity index (χ1n) is 3.60. The van der Waals surface area contributed by atoms with Crippen molar-refractivity contribution in [2.45, 2.75) is 12.0 Å². The van der Waals surface area contributed by atoms with Crippen molar-refractivity contribution in [3.8, 4) is 0 Å². The van der Waals surface area contributed by atoms with Gasteiger partial charge >= 0.3 is 5.97 Å². The number of hydrogen-bond donors (Lipinski definition) is 2. The lowest BCUT2D eigenvalue weighted by Gasteiger charge is -2.22. The van der Waals surface area contributed by atoms with Crippen LogP contribution in [0, 0.1) is 0 Å². The Bertz CT molecular complexity index is 334. The summed E-state index contributed by atoms with van der Waals surface area (Å²) in [5.41, 5.74) is -1.61. The first kappa shape index (κ1) is 11.6. The maximum Gasteiger partial charge on any atom is 0.306 e. The quantitative estimate of drug-likeness (QED) is 0.803. The van der Waals surface area contributed by atoms with Crippen LogP contribution in [0.5, 0.6) is 0 Å². The third-order valence-corrected chi connectivity index (χ3v) is 2.80. The van der Waals surface area contributed by atoms with E-state index in [4.69, 9.17) is 5.11 Å². The summed E-state index contributed by atoms with van der Waals surface area (Å²) >= 11 is 5.89. The fraction of sp³-hybridized carbons (Fsp3) is 0.250. The Hall–Kier alpha value is -0.460.